The number of hydrogen-bond acceptors (Lipinski definition) is 3. The lowest BCUT2D eigenvalue weighted by molar-refractivity contribution is -0.195. The van der Waals surface area contributed by atoms with Crippen molar-refractivity contribution < 1.29 is 14.6 Å². The fourth-order valence-electron chi connectivity index (χ4n) is 2.31. The van der Waals surface area contributed by atoms with E-state index in [1.165, 1.54) is 0 Å². The summed E-state index contributed by atoms with van der Waals surface area (Å²) in [5.74, 6) is 5.64. The minimum absolute atomic E-state index is 0.404. The van der Waals surface area contributed by atoms with E-state index in [4.69, 9.17) is 9.47 Å². The average Bonchev–Trinajstić information content (AvgIpc) is 2.73. The molecule has 16 heavy (non-hydrogen) atoms. The maximum absolute atomic E-state index is 10.3. The molecule has 0 aromatic rings. The Labute approximate surface area is 97.1 Å². The summed E-state index contributed by atoms with van der Waals surface area (Å²) in [6.45, 7) is 3.45. The van der Waals surface area contributed by atoms with Crippen molar-refractivity contribution in [1.82, 2.24) is 0 Å². The molecule has 1 spiro atoms. The molecule has 0 radical (unpaired) electrons. The van der Waals surface area contributed by atoms with Gasteiger partial charge in [-0.2, -0.15) is 0 Å². The topological polar surface area (TPSA) is 38.7 Å². The molecule has 0 bridgehead atoms. The molecule has 0 amide bonds. The van der Waals surface area contributed by atoms with E-state index in [2.05, 4.69) is 18.8 Å². The van der Waals surface area contributed by atoms with Crippen molar-refractivity contribution in [3.05, 3.63) is 0 Å². The van der Waals surface area contributed by atoms with E-state index < -0.39 is 11.4 Å². The Bertz CT molecular complexity index is 284. The lowest BCUT2D eigenvalue weighted by Crippen LogP contribution is -2.42. The second kappa shape index (κ2) is 4.75. The highest BCUT2D eigenvalue weighted by molar-refractivity contribution is 5.15. The minimum Gasteiger partial charge on any atom is -0.378 e. The third-order valence-corrected chi connectivity index (χ3v) is 3.35. The normalized spacial score (nSPS) is 26.4. The minimum atomic E-state index is -0.810. The van der Waals surface area contributed by atoms with Crippen LogP contribution in [0.25, 0.3) is 0 Å². The first-order valence-corrected chi connectivity index (χ1v) is 6.18. The van der Waals surface area contributed by atoms with Gasteiger partial charge in [-0.15, -0.1) is 5.92 Å². The number of unbranched alkanes of at least 4 members (excludes halogenated alkanes) is 1. The molecule has 90 valence electrons. The molecule has 2 rings (SSSR count). The van der Waals surface area contributed by atoms with Crippen molar-refractivity contribution in [3.63, 3.8) is 0 Å². The van der Waals surface area contributed by atoms with Crippen LogP contribution in [0, 0.1) is 11.8 Å². The number of hydrogen-bond donors (Lipinski definition) is 1. The van der Waals surface area contributed by atoms with Gasteiger partial charge in [0.1, 0.15) is 5.60 Å². The first-order valence-electron chi connectivity index (χ1n) is 6.18. The summed E-state index contributed by atoms with van der Waals surface area (Å²) in [7, 11) is 0. The molecular weight excluding hydrogens is 204 g/mol. The monoisotopic (exact) mass is 224 g/mol. The molecule has 0 aromatic heterocycles. The van der Waals surface area contributed by atoms with E-state index in [1.54, 1.807) is 0 Å². The number of rotatable bonds is 1. The van der Waals surface area contributed by atoms with Gasteiger partial charge in [-0.3, -0.25) is 0 Å². The fourth-order valence-corrected chi connectivity index (χ4v) is 2.31. The zero-order valence-electron chi connectivity index (χ0n) is 9.92. The molecular formula is C13H20O3. The van der Waals surface area contributed by atoms with Crippen LogP contribution in [0.3, 0.4) is 0 Å². The van der Waals surface area contributed by atoms with Gasteiger partial charge in [0, 0.05) is 19.3 Å². The van der Waals surface area contributed by atoms with Crippen molar-refractivity contribution in [2.24, 2.45) is 0 Å². The van der Waals surface area contributed by atoms with E-state index in [-0.39, 0.29) is 0 Å². The summed E-state index contributed by atoms with van der Waals surface area (Å²) >= 11 is 0. The molecule has 3 nitrogen and oxygen atoms in total. The van der Waals surface area contributed by atoms with Crippen LogP contribution in [0.1, 0.15) is 45.4 Å². The Morgan fingerprint density at radius 2 is 1.75 bits per heavy atom. The van der Waals surface area contributed by atoms with Crippen LogP contribution in [0.15, 0.2) is 0 Å². The molecule has 0 aromatic carbocycles. The van der Waals surface area contributed by atoms with Crippen LogP contribution in [0.2, 0.25) is 0 Å². The van der Waals surface area contributed by atoms with Crippen molar-refractivity contribution in [3.8, 4) is 11.8 Å². The molecule has 1 saturated heterocycles. The molecule has 1 N–H and O–H groups in total. The maximum atomic E-state index is 10.3. The van der Waals surface area contributed by atoms with Crippen LogP contribution >= 0.6 is 0 Å². The van der Waals surface area contributed by atoms with Gasteiger partial charge in [-0.1, -0.05) is 12.8 Å². The highest BCUT2D eigenvalue weighted by Crippen LogP contribution is 2.39. The van der Waals surface area contributed by atoms with Gasteiger partial charge in [0.05, 0.1) is 13.2 Å². The second-order valence-electron chi connectivity index (χ2n) is 4.69. The van der Waals surface area contributed by atoms with Gasteiger partial charge in [-0.25, -0.2) is 0 Å². The zero-order chi connectivity index (χ0) is 11.5. The van der Waals surface area contributed by atoms with Gasteiger partial charge in [-0.05, 0) is 19.3 Å². The van der Waals surface area contributed by atoms with Gasteiger partial charge >= 0.3 is 0 Å². The second-order valence-corrected chi connectivity index (χ2v) is 4.69. The molecule has 1 heterocycles. The van der Waals surface area contributed by atoms with E-state index in [9.17, 15) is 5.11 Å². The fraction of sp³-hybridized carbons (Fsp3) is 0.846. The summed E-state index contributed by atoms with van der Waals surface area (Å²) < 4.78 is 11.2. The van der Waals surface area contributed by atoms with Gasteiger partial charge in [0.15, 0.2) is 5.79 Å². The smallest absolute Gasteiger partial charge is 0.168 e. The summed E-state index contributed by atoms with van der Waals surface area (Å²) in [6, 6.07) is 0. The maximum Gasteiger partial charge on any atom is 0.168 e. The van der Waals surface area contributed by atoms with Crippen LogP contribution in [-0.4, -0.2) is 29.7 Å². The van der Waals surface area contributed by atoms with E-state index in [0.717, 1.165) is 25.7 Å². The van der Waals surface area contributed by atoms with Crippen molar-refractivity contribution in [2.45, 2.75) is 56.8 Å². The van der Waals surface area contributed by atoms with Gasteiger partial charge in [0.25, 0.3) is 0 Å². The lowest BCUT2D eigenvalue weighted by Gasteiger charge is -2.37. The van der Waals surface area contributed by atoms with Crippen LogP contribution in [0.4, 0.5) is 0 Å². The van der Waals surface area contributed by atoms with E-state index >= 15 is 0 Å². The highest BCUT2D eigenvalue weighted by atomic mass is 16.7. The third-order valence-electron chi connectivity index (χ3n) is 3.35. The molecule has 2 aliphatic rings. The Balaban J connectivity index is 1.91. The van der Waals surface area contributed by atoms with Crippen molar-refractivity contribution >= 4 is 0 Å². The predicted octanol–water partition coefficient (Wildman–Crippen LogP) is 1.84. The van der Waals surface area contributed by atoms with Crippen molar-refractivity contribution in [2.75, 3.05) is 13.2 Å². The summed E-state index contributed by atoms with van der Waals surface area (Å²) in [4.78, 5) is 0. The molecule has 0 unspecified atom stereocenters. The van der Waals surface area contributed by atoms with Crippen LogP contribution in [-0.2, 0) is 9.47 Å². The molecule has 2 fully saturated rings. The first-order chi connectivity index (χ1) is 7.68. The molecule has 1 aliphatic carbocycles. The highest BCUT2D eigenvalue weighted by Gasteiger charge is 2.44. The van der Waals surface area contributed by atoms with Gasteiger partial charge < -0.3 is 14.6 Å². The SMILES string of the molecule is CCCC#CC1(O)CCC2(CC1)OCCO2. The average molecular weight is 224 g/mol. The quantitative estimate of drug-likeness (QED) is 0.691. The first kappa shape index (κ1) is 11.9. The summed E-state index contributed by atoms with van der Waals surface area (Å²) in [5, 5.41) is 10.3. The third kappa shape index (κ3) is 2.57. The zero-order valence-corrected chi connectivity index (χ0v) is 9.92. The molecule has 1 saturated carbocycles. The molecule has 0 atom stereocenters. The molecule has 1 aliphatic heterocycles. The summed E-state index contributed by atoms with van der Waals surface area (Å²) in [5.41, 5.74) is -0.810. The number of aliphatic hydroxyl groups is 1. The Kier molecular flexibility index (Phi) is 3.53. The van der Waals surface area contributed by atoms with E-state index in [0.29, 0.717) is 26.1 Å². The summed E-state index contributed by atoms with van der Waals surface area (Å²) in [6.07, 6.45) is 4.72. The Morgan fingerprint density at radius 3 is 2.31 bits per heavy atom. The van der Waals surface area contributed by atoms with Crippen LogP contribution in [0.5, 0.6) is 0 Å². The van der Waals surface area contributed by atoms with Gasteiger partial charge in [0.2, 0.25) is 0 Å². The largest absolute Gasteiger partial charge is 0.378 e. The number of ether oxygens (including phenoxy) is 2. The van der Waals surface area contributed by atoms with Crippen LogP contribution < -0.4 is 0 Å². The van der Waals surface area contributed by atoms with Crippen molar-refractivity contribution in [1.29, 1.82) is 0 Å². The Morgan fingerprint density at radius 1 is 1.12 bits per heavy atom. The Hall–Kier alpha value is -0.560. The van der Waals surface area contributed by atoms with E-state index in [1.807, 2.05) is 0 Å². The standard InChI is InChI=1S/C13H20O3/c1-2-3-4-5-12(14)6-8-13(9-7-12)15-10-11-16-13/h14H,2-3,6-11H2,1H3. The lowest BCUT2D eigenvalue weighted by atomic mass is 9.81. The predicted molar refractivity (Wildman–Crippen MR) is 60.7 cm³/mol. The molecule has 3 heteroatoms.